The van der Waals surface area contributed by atoms with Gasteiger partial charge in [0.1, 0.15) is 0 Å². The summed E-state index contributed by atoms with van der Waals surface area (Å²) in [5.74, 6) is 0. The lowest BCUT2D eigenvalue weighted by molar-refractivity contribution is 0.621. The quantitative estimate of drug-likeness (QED) is 0.691. The molecule has 0 fully saturated rings. The summed E-state index contributed by atoms with van der Waals surface area (Å²) in [6.07, 6.45) is 0. The highest BCUT2D eigenvalue weighted by molar-refractivity contribution is 9.10. The Bertz CT molecular complexity index is 433. The number of benzene rings is 1. The van der Waals surface area contributed by atoms with Gasteiger partial charge in [-0.3, -0.25) is 0 Å². The van der Waals surface area contributed by atoms with Crippen LogP contribution in [0.2, 0.25) is 0 Å². The summed E-state index contributed by atoms with van der Waals surface area (Å²) in [5.41, 5.74) is 0.685. The third kappa shape index (κ3) is 9.81. The fraction of sp³-hybridized carbons (Fsp3) is 0. The lowest BCUT2D eigenvalue weighted by atomic mass is 10.2. The van der Waals surface area contributed by atoms with Gasteiger partial charge in [0.25, 0.3) is 0 Å². The van der Waals surface area contributed by atoms with Crippen molar-refractivity contribution < 1.29 is 8.42 Å². The van der Waals surface area contributed by atoms with E-state index < -0.39 is 8.26 Å². The van der Waals surface area contributed by atoms with Crippen molar-refractivity contribution in [3.8, 4) is 6.07 Å². The Morgan fingerprint density at radius 3 is 2.14 bits per heavy atom. The number of nitrogens with zero attached hydrogens (tertiary/aromatic N) is 1. The van der Waals surface area contributed by atoms with Crippen molar-refractivity contribution >= 4 is 45.6 Å². The van der Waals surface area contributed by atoms with Crippen LogP contribution >= 0.6 is 37.3 Å². The van der Waals surface area contributed by atoms with Crippen LogP contribution in [0, 0.1) is 11.3 Å². The normalized spacial score (nSPS) is 9.57. The predicted molar refractivity (Wildman–Crippen MR) is 59.5 cm³/mol. The molecule has 14 heavy (non-hydrogen) atoms. The first-order chi connectivity index (χ1) is 6.33. The molecule has 1 rings (SSSR count). The van der Waals surface area contributed by atoms with Crippen LogP contribution < -0.4 is 0 Å². The summed E-state index contributed by atoms with van der Waals surface area (Å²) in [5, 5.41) is 8.39. The van der Waals surface area contributed by atoms with Crippen LogP contribution in [0.1, 0.15) is 5.56 Å². The topological polar surface area (TPSA) is 57.9 Å². The van der Waals surface area contributed by atoms with Gasteiger partial charge in [-0.25, -0.2) is 0 Å². The fourth-order valence-corrected chi connectivity index (χ4v) is 0.957. The zero-order valence-corrected chi connectivity index (χ0v) is 10.5. The number of nitriles is 1. The molecule has 0 N–H and O–H groups in total. The zero-order valence-electron chi connectivity index (χ0n) is 6.62. The van der Waals surface area contributed by atoms with E-state index >= 15 is 0 Å². The highest BCUT2D eigenvalue weighted by atomic mass is 79.9. The van der Waals surface area contributed by atoms with Gasteiger partial charge in [0.15, 0.2) is 0 Å². The lowest BCUT2D eigenvalue weighted by Gasteiger charge is -1.86. The fourth-order valence-electron chi connectivity index (χ4n) is 0.558. The molecule has 0 aliphatic heterocycles. The largest absolute Gasteiger partial charge is 0.317 e. The number of hydrogen-bond donors (Lipinski definition) is 0. The van der Waals surface area contributed by atoms with E-state index in [0.717, 1.165) is 4.47 Å². The van der Waals surface area contributed by atoms with E-state index in [2.05, 4.69) is 37.3 Å². The van der Waals surface area contributed by atoms with Crippen LogP contribution in [0.15, 0.2) is 28.7 Å². The second-order valence-corrected chi connectivity index (χ2v) is 6.58. The molecule has 0 amide bonds. The number of halogens is 3. The highest BCUT2D eigenvalue weighted by Crippen LogP contribution is 2.09. The first-order valence-corrected chi connectivity index (χ1v) is 7.05. The number of hydrogen-bond acceptors (Lipinski definition) is 3. The molecule has 0 unspecified atom stereocenters. The molecule has 0 saturated carbocycles. The Labute approximate surface area is 99.3 Å². The van der Waals surface area contributed by atoms with Gasteiger partial charge in [-0.15, -0.1) is 0 Å². The van der Waals surface area contributed by atoms with Gasteiger partial charge in [-0.2, -0.15) is 13.7 Å². The molecule has 1 aromatic carbocycles. The van der Waals surface area contributed by atoms with Crippen LogP contribution in [-0.2, 0) is 8.26 Å². The highest BCUT2D eigenvalue weighted by Gasteiger charge is 1.89. The number of rotatable bonds is 0. The predicted octanol–water partition coefficient (Wildman–Crippen LogP) is 3.03. The van der Waals surface area contributed by atoms with E-state index in [4.69, 9.17) is 13.7 Å². The van der Waals surface area contributed by atoms with Gasteiger partial charge in [-0.05, 0) is 18.2 Å². The van der Waals surface area contributed by atoms with Crippen molar-refractivity contribution in [1.82, 2.24) is 0 Å². The minimum Gasteiger partial charge on any atom is -0.195 e. The van der Waals surface area contributed by atoms with Gasteiger partial charge >= 0.3 is 8.26 Å². The second kappa shape index (κ2) is 6.25. The van der Waals surface area contributed by atoms with Crippen molar-refractivity contribution in [3.05, 3.63) is 34.3 Å². The molecule has 0 bridgehead atoms. The average Bonchev–Trinajstić information content (AvgIpc) is 2.01. The molecule has 3 nitrogen and oxygen atoms in total. The summed E-state index contributed by atoms with van der Waals surface area (Å²) < 4.78 is 19.3. The molecule has 0 aliphatic carbocycles. The van der Waals surface area contributed by atoms with Crippen LogP contribution in [-0.4, -0.2) is 8.42 Å². The van der Waals surface area contributed by atoms with E-state index in [-0.39, 0.29) is 0 Å². The van der Waals surface area contributed by atoms with Crippen LogP contribution in [0.5, 0.6) is 0 Å². The minimum atomic E-state index is -3.72. The summed E-state index contributed by atoms with van der Waals surface area (Å²) in [4.78, 5) is 0. The van der Waals surface area contributed by atoms with Crippen molar-refractivity contribution in [1.29, 1.82) is 5.26 Å². The first-order valence-electron chi connectivity index (χ1n) is 3.13. The first kappa shape index (κ1) is 13.7. The molecule has 0 aliphatic rings. The van der Waals surface area contributed by atoms with E-state index in [0.29, 0.717) is 5.56 Å². The molecule has 0 heterocycles. The molecule has 76 valence electrons. The molecule has 1 aromatic rings. The van der Waals surface area contributed by atoms with Crippen LogP contribution in [0.3, 0.4) is 0 Å². The van der Waals surface area contributed by atoms with Gasteiger partial charge in [0.05, 0.1) is 11.6 Å². The molecule has 0 aromatic heterocycles. The van der Waals surface area contributed by atoms with Gasteiger partial charge in [0, 0.05) is 25.8 Å². The Kier molecular flexibility index (Phi) is 6.12. The van der Waals surface area contributed by atoms with Crippen molar-refractivity contribution in [2.24, 2.45) is 0 Å². The second-order valence-electron chi connectivity index (χ2n) is 2.00. The van der Waals surface area contributed by atoms with E-state index in [9.17, 15) is 0 Å². The lowest BCUT2D eigenvalue weighted by Crippen LogP contribution is -1.70. The molecule has 0 atom stereocenters. The smallest absolute Gasteiger partial charge is 0.195 e. The zero-order chi connectivity index (χ0) is 11.2. The molecule has 7 heteroatoms. The molecule has 0 spiro atoms. The molecular weight excluding hydrogens is 313 g/mol. The van der Waals surface area contributed by atoms with Crippen molar-refractivity contribution in [2.75, 3.05) is 0 Å². The van der Waals surface area contributed by atoms with E-state index in [1.165, 1.54) is 0 Å². The third-order valence-electron chi connectivity index (χ3n) is 0.954. The van der Waals surface area contributed by atoms with Gasteiger partial charge in [0.2, 0.25) is 0 Å². The summed E-state index contributed by atoms with van der Waals surface area (Å²) >= 11 is 3.25. The maximum absolute atomic E-state index is 9.16. The molecule has 0 saturated heterocycles. The maximum atomic E-state index is 9.16. The molecular formula is C7H4BrCl2NO2S. The minimum absolute atomic E-state index is 0.685. The summed E-state index contributed by atoms with van der Waals surface area (Å²) in [6, 6.07) is 9.31. The SMILES string of the molecule is N#Cc1cccc(Br)c1.O=S(=O)(Cl)Cl. The Hall–Kier alpha value is -0.280. The van der Waals surface area contributed by atoms with Crippen LogP contribution in [0.4, 0.5) is 0 Å². The average molecular weight is 317 g/mol. The van der Waals surface area contributed by atoms with E-state index in [1.54, 1.807) is 12.1 Å². The summed E-state index contributed by atoms with van der Waals surface area (Å²) in [6.45, 7) is 0. The Morgan fingerprint density at radius 1 is 1.36 bits per heavy atom. The third-order valence-corrected chi connectivity index (χ3v) is 1.45. The van der Waals surface area contributed by atoms with Crippen molar-refractivity contribution in [3.63, 3.8) is 0 Å². The maximum Gasteiger partial charge on any atom is 0.317 e. The monoisotopic (exact) mass is 315 g/mol. The van der Waals surface area contributed by atoms with Gasteiger partial charge in [-0.1, -0.05) is 22.0 Å². The Balaban J connectivity index is 0.000000292. The van der Waals surface area contributed by atoms with Crippen molar-refractivity contribution in [2.45, 2.75) is 0 Å². The summed E-state index contributed by atoms with van der Waals surface area (Å²) in [7, 11) is 4.81. The molecule has 0 radical (unpaired) electrons. The van der Waals surface area contributed by atoms with E-state index in [1.807, 2.05) is 18.2 Å². The van der Waals surface area contributed by atoms with Gasteiger partial charge < -0.3 is 0 Å². The standard InChI is InChI=1S/C7H4BrN.Cl2O2S/c8-7-3-1-2-6(4-7)5-9;1-5(2,3)4/h1-4H;. The van der Waals surface area contributed by atoms with Crippen LogP contribution in [0.25, 0.3) is 0 Å². The Morgan fingerprint density at radius 2 is 1.86 bits per heavy atom.